The minimum absolute atomic E-state index is 0. The van der Waals surface area contributed by atoms with Gasteiger partial charge < -0.3 is 0 Å². The number of benzene rings is 1. The van der Waals surface area contributed by atoms with Crippen molar-refractivity contribution in [1.82, 2.24) is 0 Å². The molecular weight excluding hydrogens is 160 g/mol. The average molecular weight is 169 g/mol. The van der Waals surface area contributed by atoms with Gasteiger partial charge in [-0.05, 0) is 0 Å². The van der Waals surface area contributed by atoms with E-state index in [4.69, 9.17) is 0 Å². The third kappa shape index (κ3) is 2.69. The maximum absolute atomic E-state index is 3.17. The molecule has 0 amide bonds. The van der Waals surface area contributed by atoms with Crippen LogP contribution in [-0.2, 0) is 17.1 Å². The van der Waals surface area contributed by atoms with Crippen molar-refractivity contribution in [2.45, 2.75) is 13.8 Å². The van der Waals surface area contributed by atoms with Crippen LogP contribution in [0, 0.1) is 19.9 Å². The van der Waals surface area contributed by atoms with E-state index < -0.39 is 0 Å². The summed E-state index contributed by atoms with van der Waals surface area (Å²) in [4.78, 5) is 0. The summed E-state index contributed by atoms with van der Waals surface area (Å²) in [6.45, 7) is 4.10. The van der Waals surface area contributed by atoms with Crippen LogP contribution in [0.1, 0.15) is 11.1 Å². The summed E-state index contributed by atoms with van der Waals surface area (Å²) >= 11 is 0. The zero-order valence-electron chi connectivity index (χ0n) is 5.53. The number of hydrogen-bond donors (Lipinski definition) is 0. The van der Waals surface area contributed by atoms with Crippen LogP contribution < -0.4 is 0 Å². The van der Waals surface area contributed by atoms with Crippen LogP contribution in [0.3, 0.4) is 0 Å². The Morgan fingerprint density at radius 2 is 1.56 bits per heavy atom. The van der Waals surface area contributed by atoms with Gasteiger partial charge in [0.15, 0.2) is 0 Å². The third-order valence-corrected chi connectivity index (χ3v) is 1.09. The predicted octanol–water partition coefficient (Wildman–Crippen LogP) is 2.10. The molecule has 0 aromatic heterocycles. The molecule has 0 fully saturated rings. The molecule has 0 aliphatic rings. The maximum atomic E-state index is 3.17. The molecule has 0 unspecified atom stereocenters. The number of rotatable bonds is 0. The Labute approximate surface area is 66.8 Å². The fourth-order valence-corrected chi connectivity index (χ4v) is 0.731. The predicted molar refractivity (Wildman–Crippen MR) is 34.8 cm³/mol. The van der Waals surface area contributed by atoms with Gasteiger partial charge in [-0.25, -0.2) is 0 Å². The molecule has 0 radical (unpaired) electrons. The standard InChI is InChI=1S/C8H9.Cu/c1-7-4-3-5-8(2)6-7;/h3-5H,1-2H3;/q-1;+1. The van der Waals surface area contributed by atoms with Crippen LogP contribution in [0.4, 0.5) is 0 Å². The molecule has 1 rings (SSSR count). The van der Waals surface area contributed by atoms with Crippen molar-refractivity contribution in [3.05, 3.63) is 35.4 Å². The van der Waals surface area contributed by atoms with E-state index >= 15 is 0 Å². The van der Waals surface area contributed by atoms with Gasteiger partial charge in [-0.1, -0.05) is 13.8 Å². The summed E-state index contributed by atoms with van der Waals surface area (Å²) < 4.78 is 0. The van der Waals surface area contributed by atoms with Crippen molar-refractivity contribution >= 4 is 0 Å². The molecule has 0 heterocycles. The maximum Gasteiger partial charge on any atom is 1.00 e. The average Bonchev–Trinajstić information content (AvgIpc) is 1.64. The van der Waals surface area contributed by atoms with Gasteiger partial charge in [0.1, 0.15) is 0 Å². The van der Waals surface area contributed by atoms with Crippen LogP contribution >= 0.6 is 0 Å². The Bertz CT molecular complexity index is 164. The molecule has 0 atom stereocenters. The first-order chi connectivity index (χ1) is 3.79. The Morgan fingerprint density at radius 3 is 1.78 bits per heavy atom. The molecule has 0 saturated carbocycles. The molecule has 0 aliphatic heterocycles. The van der Waals surface area contributed by atoms with E-state index in [1.165, 1.54) is 11.1 Å². The second-order valence-electron chi connectivity index (χ2n) is 2.02. The van der Waals surface area contributed by atoms with Crippen molar-refractivity contribution in [3.8, 4) is 0 Å². The zero-order chi connectivity index (χ0) is 5.98. The summed E-state index contributed by atoms with van der Waals surface area (Å²) in [5, 5.41) is 0. The van der Waals surface area contributed by atoms with E-state index in [9.17, 15) is 0 Å². The summed E-state index contributed by atoms with van der Waals surface area (Å²) in [7, 11) is 0. The second kappa shape index (κ2) is 3.71. The SMILES string of the molecule is Cc1[c-]c(C)ccc1.[Cu+]. The minimum atomic E-state index is 0. The second-order valence-corrected chi connectivity index (χ2v) is 2.02. The monoisotopic (exact) mass is 168 g/mol. The van der Waals surface area contributed by atoms with Gasteiger partial charge in [-0.2, -0.15) is 35.4 Å². The van der Waals surface area contributed by atoms with Gasteiger partial charge >= 0.3 is 17.1 Å². The Hall–Kier alpha value is -0.261. The van der Waals surface area contributed by atoms with E-state index in [1.54, 1.807) is 0 Å². The van der Waals surface area contributed by atoms with Gasteiger partial charge in [-0.15, -0.1) is 0 Å². The molecule has 1 heteroatoms. The fraction of sp³-hybridized carbons (Fsp3) is 0.250. The third-order valence-electron chi connectivity index (χ3n) is 1.09. The minimum Gasteiger partial charge on any atom is -0.177 e. The van der Waals surface area contributed by atoms with E-state index in [1.807, 2.05) is 32.0 Å². The molecule has 0 aliphatic carbocycles. The van der Waals surface area contributed by atoms with Gasteiger partial charge in [0.05, 0.1) is 0 Å². The first kappa shape index (κ1) is 8.74. The van der Waals surface area contributed by atoms with Crippen molar-refractivity contribution in [2.24, 2.45) is 0 Å². The molecule has 52 valence electrons. The topological polar surface area (TPSA) is 0 Å². The normalized spacial score (nSPS) is 8.22. The van der Waals surface area contributed by atoms with E-state index in [0.717, 1.165) is 0 Å². The molecule has 1 aromatic rings. The number of hydrogen-bond acceptors (Lipinski definition) is 0. The number of aryl methyl sites for hydroxylation is 2. The van der Waals surface area contributed by atoms with Crippen LogP contribution in [-0.4, -0.2) is 0 Å². The first-order valence-electron chi connectivity index (χ1n) is 2.74. The molecule has 0 N–H and O–H groups in total. The van der Waals surface area contributed by atoms with E-state index in [0.29, 0.717) is 0 Å². The van der Waals surface area contributed by atoms with Gasteiger partial charge in [0, 0.05) is 0 Å². The molecule has 1 aromatic carbocycles. The van der Waals surface area contributed by atoms with Crippen molar-refractivity contribution < 1.29 is 17.1 Å². The van der Waals surface area contributed by atoms with E-state index in [-0.39, 0.29) is 17.1 Å². The van der Waals surface area contributed by atoms with Crippen LogP contribution in [0.25, 0.3) is 0 Å². The zero-order valence-corrected chi connectivity index (χ0v) is 6.48. The Morgan fingerprint density at radius 1 is 1.11 bits per heavy atom. The summed E-state index contributed by atoms with van der Waals surface area (Å²) in [5.41, 5.74) is 2.43. The summed E-state index contributed by atoms with van der Waals surface area (Å²) in [6.07, 6.45) is 0. The molecular formula is C8H9Cu. The van der Waals surface area contributed by atoms with Crippen LogP contribution in [0.5, 0.6) is 0 Å². The van der Waals surface area contributed by atoms with Crippen LogP contribution in [0.2, 0.25) is 0 Å². The smallest absolute Gasteiger partial charge is 0.177 e. The molecule has 0 spiro atoms. The van der Waals surface area contributed by atoms with Crippen molar-refractivity contribution in [1.29, 1.82) is 0 Å². The first-order valence-corrected chi connectivity index (χ1v) is 2.74. The van der Waals surface area contributed by atoms with Crippen molar-refractivity contribution in [3.63, 3.8) is 0 Å². The Kier molecular flexibility index (Phi) is 3.60. The van der Waals surface area contributed by atoms with Crippen molar-refractivity contribution in [2.75, 3.05) is 0 Å². The largest absolute Gasteiger partial charge is 1.00 e. The van der Waals surface area contributed by atoms with E-state index in [2.05, 4.69) is 6.07 Å². The Balaban J connectivity index is 0.000000640. The molecule has 0 bridgehead atoms. The van der Waals surface area contributed by atoms with Gasteiger partial charge in [-0.3, -0.25) is 0 Å². The van der Waals surface area contributed by atoms with Gasteiger partial charge in [0.2, 0.25) is 0 Å². The molecule has 0 saturated heterocycles. The fourth-order valence-electron chi connectivity index (χ4n) is 0.731. The van der Waals surface area contributed by atoms with Crippen LogP contribution in [0.15, 0.2) is 18.2 Å². The molecule has 0 nitrogen and oxygen atoms in total. The quantitative estimate of drug-likeness (QED) is 0.411. The molecule has 9 heavy (non-hydrogen) atoms. The summed E-state index contributed by atoms with van der Waals surface area (Å²) in [5.74, 6) is 0. The summed E-state index contributed by atoms with van der Waals surface area (Å²) in [6, 6.07) is 9.31. The van der Waals surface area contributed by atoms with Gasteiger partial charge in [0.25, 0.3) is 0 Å².